The Balaban J connectivity index is 1.70. The van der Waals surface area contributed by atoms with Gasteiger partial charge in [0.1, 0.15) is 0 Å². The number of hydrogen-bond acceptors (Lipinski definition) is 3. The zero-order valence-electron chi connectivity index (χ0n) is 11.5. The first-order valence-electron chi connectivity index (χ1n) is 7.14. The highest BCUT2D eigenvalue weighted by atomic mass is 16.6. The van der Waals surface area contributed by atoms with Crippen molar-refractivity contribution >= 4 is 17.3 Å². The summed E-state index contributed by atoms with van der Waals surface area (Å²) < 4.78 is 0. The molecule has 2 aliphatic carbocycles. The van der Waals surface area contributed by atoms with Crippen molar-refractivity contribution in [1.29, 1.82) is 0 Å². The molecule has 0 bridgehead atoms. The third-order valence-electron chi connectivity index (χ3n) is 4.63. The number of nitro groups is 1. The summed E-state index contributed by atoms with van der Waals surface area (Å²) in [6.07, 6.45) is 4.75. The largest absolute Gasteiger partial charge is 0.326 e. The molecule has 5 heteroatoms. The minimum atomic E-state index is -0.415. The van der Waals surface area contributed by atoms with Gasteiger partial charge in [0.25, 0.3) is 5.69 Å². The Morgan fingerprint density at radius 2 is 1.95 bits per heavy atom. The Hall–Kier alpha value is -1.91. The molecule has 0 radical (unpaired) electrons. The molecule has 0 aliphatic heterocycles. The lowest BCUT2D eigenvalue weighted by molar-refractivity contribution is -0.385. The SMILES string of the molecule is Cc1ccc(NC(=O)C2[C@H]3CCCC[C@H]23)cc1[N+](=O)[O-]. The van der Waals surface area contributed by atoms with Gasteiger partial charge in [-0.3, -0.25) is 14.9 Å². The van der Waals surface area contributed by atoms with E-state index in [0.717, 1.165) is 12.8 Å². The zero-order valence-corrected chi connectivity index (χ0v) is 11.5. The predicted octanol–water partition coefficient (Wildman–Crippen LogP) is 3.28. The molecule has 2 aliphatic rings. The van der Waals surface area contributed by atoms with Crippen LogP contribution >= 0.6 is 0 Å². The van der Waals surface area contributed by atoms with Crippen LogP contribution in [0.25, 0.3) is 0 Å². The number of hydrogen-bond donors (Lipinski definition) is 1. The van der Waals surface area contributed by atoms with Gasteiger partial charge in [-0.1, -0.05) is 18.9 Å². The molecule has 1 N–H and O–H groups in total. The number of nitrogens with zero attached hydrogens (tertiary/aromatic N) is 1. The molecule has 0 aromatic heterocycles. The van der Waals surface area contributed by atoms with Crippen LogP contribution < -0.4 is 5.32 Å². The highest BCUT2D eigenvalue weighted by molar-refractivity contribution is 5.95. The topological polar surface area (TPSA) is 72.2 Å². The third kappa shape index (κ3) is 2.28. The summed E-state index contributed by atoms with van der Waals surface area (Å²) in [5, 5.41) is 13.7. The maximum absolute atomic E-state index is 12.2. The van der Waals surface area contributed by atoms with E-state index in [9.17, 15) is 14.9 Å². The second-order valence-electron chi connectivity index (χ2n) is 5.89. The molecule has 0 heterocycles. The smallest absolute Gasteiger partial charge is 0.274 e. The van der Waals surface area contributed by atoms with E-state index in [-0.39, 0.29) is 17.5 Å². The van der Waals surface area contributed by atoms with Crippen molar-refractivity contribution in [2.75, 3.05) is 5.32 Å². The van der Waals surface area contributed by atoms with Gasteiger partial charge in [-0.2, -0.15) is 0 Å². The molecule has 1 aromatic rings. The molecule has 1 amide bonds. The molecule has 2 saturated carbocycles. The highest BCUT2D eigenvalue weighted by Crippen LogP contribution is 2.55. The fourth-order valence-electron chi connectivity index (χ4n) is 3.49. The monoisotopic (exact) mass is 274 g/mol. The normalized spacial score (nSPS) is 27.6. The van der Waals surface area contributed by atoms with Crippen LogP contribution in [0.2, 0.25) is 0 Å². The quantitative estimate of drug-likeness (QED) is 0.679. The van der Waals surface area contributed by atoms with Gasteiger partial charge in [0, 0.05) is 23.2 Å². The highest BCUT2D eigenvalue weighted by Gasteiger charge is 2.54. The average Bonchev–Trinajstić information content (AvgIpc) is 3.15. The molecule has 5 nitrogen and oxygen atoms in total. The van der Waals surface area contributed by atoms with Gasteiger partial charge in [0.15, 0.2) is 0 Å². The Morgan fingerprint density at radius 3 is 2.55 bits per heavy atom. The molecule has 0 saturated heterocycles. The number of aryl methyl sites for hydroxylation is 1. The van der Waals surface area contributed by atoms with Crippen LogP contribution in [-0.2, 0) is 4.79 Å². The molecule has 2 fully saturated rings. The van der Waals surface area contributed by atoms with E-state index in [2.05, 4.69) is 5.32 Å². The van der Waals surface area contributed by atoms with E-state index in [1.54, 1.807) is 19.1 Å². The number of nitro benzene ring substituents is 1. The molecule has 0 spiro atoms. The first-order valence-corrected chi connectivity index (χ1v) is 7.14. The van der Waals surface area contributed by atoms with E-state index >= 15 is 0 Å². The van der Waals surface area contributed by atoms with Crippen molar-refractivity contribution in [1.82, 2.24) is 0 Å². The Kier molecular flexibility index (Phi) is 3.20. The lowest BCUT2D eigenvalue weighted by Crippen LogP contribution is -2.15. The predicted molar refractivity (Wildman–Crippen MR) is 75.4 cm³/mol. The summed E-state index contributed by atoms with van der Waals surface area (Å²) in [7, 11) is 0. The van der Waals surface area contributed by atoms with Crippen LogP contribution in [0.3, 0.4) is 0 Å². The number of rotatable bonds is 3. The second kappa shape index (κ2) is 4.89. The first kappa shape index (κ1) is 13.1. The second-order valence-corrected chi connectivity index (χ2v) is 5.89. The standard InChI is InChI=1S/C15H18N2O3/c1-9-6-7-10(8-13(9)17(19)20)16-15(18)14-11-4-2-3-5-12(11)14/h6-8,11-12,14H,2-5H2,1H3,(H,16,18)/t11-,12-/m0/s1. The summed E-state index contributed by atoms with van der Waals surface area (Å²) in [6.45, 7) is 1.69. The van der Waals surface area contributed by atoms with Crippen LogP contribution in [0.1, 0.15) is 31.2 Å². The first-order chi connectivity index (χ1) is 9.58. The summed E-state index contributed by atoms with van der Waals surface area (Å²) in [5.41, 5.74) is 1.18. The molecular weight excluding hydrogens is 256 g/mol. The number of fused-ring (bicyclic) bond motifs is 1. The van der Waals surface area contributed by atoms with Crippen LogP contribution in [-0.4, -0.2) is 10.8 Å². The van der Waals surface area contributed by atoms with Gasteiger partial charge in [0.2, 0.25) is 5.91 Å². The van der Waals surface area contributed by atoms with Crippen molar-refractivity contribution in [3.63, 3.8) is 0 Å². The number of benzene rings is 1. The molecule has 3 rings (SSSR count). The molecule has 106 valence electrons. The van der Waals surface area contributed by atoms with Crippen LogP contribution in [0.4, 0.5) is 11.4 Å². The zero-order chi connectivity index (χ0) is 14.3. The van der Waals surface area contributed by atoms with E-state index in [4.69, 9.17) is 0 Å². The average molecular weight is 274 g/mol. The van der Waals surface area contributed by atoms with Crippen molar-refractivity contribution in [3.8, 4) is 0 Å². The fourth-order valence-corrected chi connectivity index (χ4v) is 3.49. The van der Waals surface area contributed by atoms with Gasteiger partial charge >= 0.3 is 0 Å². The number of carbonyl (C=O) groups excluding carboxylic acids is 1. The molecule has 0 unspecified atom stereocenters. The lowest BCUT2D eigenvalue weighted by Gasteiger charge is -2.06. The van der Waals surface area contributed by atoms with E-state index in [1.165, 1.54) is 18.9 Å². The maximum Gasteiger partial charge on any atom is 0.274 e. The number of carbonyl (C=O) groups is 1. The summed E-state index contributed by atoms with van der Waals surface area (Å²) >= 11 is 0. The van der Waals surface area contributed by atoms with Gasteiger partial charge in [-0.25, -0.2) is 0 Å². The number of amides is 1. The van der Waals surface area contributed by atoms with Gasteiger partial charge in [0.05, 0.1) is 4.92 Å². The maximum atomic E-state index is 12.2. The molecular formula is C15H18N2O3. The van der Waals surface area contributed by atoms with Gasteiger partial charge in [-0.05, 0) is 37.7 Å². The molecule has 20 heavy (non-hydrogen) atoms. The van der Waals surface area contributed by atoms with Crippen molar-refractivity contribution in [3.05, 3.63) is 33.9 Å². The van der Waals surface area contributed by atoms with Crippen molar-refractivity contribution < 1.29 is 9.72 Å². The Bertz CT molecular complexity index is 558. The van der Waals surface area contributed by atoms with Crippen LogP contribution in [0.15, 0.2) is 18.2 Å². The van der Waals surface area contributed by atoms with Crippen molar-refractivity contribution in [2.45, 2.75) is 32.6 Å². The van der Waals surface area contributed by atoms with Crippen molar-refractivity contribution in [2.24, 2.45) is 17.8 Å². The van der Waals surface area contributed by atoms with Crippen LogP contribution in [0.5, 0.6) is 0 Å². The Morgan fingerprint density at radius 1 is 1.30 bits per heavy atom. The fraction of sp³-hybridized carbons (Fsp3) is 0.533. The minimum absolute atomic E-state index is 0.0278. The van der Waals surface area contributed by atoms with E-state index in [0.29, 0.717) is 23.1 Å². The summed E-state index contributed by atoms with van der Waals surface area (Å²) in [4.78, 5) is 22.7. The number of anilines is 1. The minimum Gasteiger partial charge on any atom is -0.326 e. The van der Waals surface area contributed by atoms with Crippen LogP contribution in [0, 0.1) is 34.8 Å². The Labute approximate surface area is 117 Å². The lowest BCUT2D eigenvalue weighted by atomic mass is 10.0. The third-order valence-corrected chi connectivity index (χ3v) is 4.63. The molecule has 2 atom stereocenters. The van der Waals surface area contributed by atoms with Gasteiger partial charge < -0.3 is 5.32 Å². The summed E-state index contributed by atoms with van der Waals surface area (Å²) in [6, 6.07) is 4.85. The number of nitrogens with one attached hydrogen (secondary N) is 1. The van der Waals surface area contributed by atoms with E-state index < -0.39 is 4.92 Å². The molecule has 1 aromatic carbocycles. The van der Waals surface area contributed by atoms with Gasteiger partial charge in [-0.15, -0.1) is 0 Å². The van der Waals surface area contributed by atoms with E-state index in [1.807, 2.05) is 0 Å². The summed E-state index contributed by atoms with van der Waals surface area (Å²) in [5.74, 6) is 1.24.